The molecule has 0 bridgehead atoms. The minimum atomic E-state index is -3.52. The summed E-state index contributed by atoms with van der Waals surface area (Å²) >= 11 is 0. The zero-order valence-electron chi connectivity index (χ0n) is 16.6. The SMILES string of the molecule is CN(C)S(=O)(=O)N1CCc2c(C(=O)N3CCN4C(=O)OCC4C3)n[nH]c2C1.O=CO. The number of nitrogens with one attached hydrogen (secondary N) is 1. The molecule has 2 saturated heterocycles. The number of piperazine rings is 1. The Hall–Kier alpha value is -2.71. The van der Waals surface area contributed by atoms with Crippen molar-refractivity contribution in [1.82, 2.24) is 28.6 Å². The van der Waals surface area contributed by atoms with E-state index >= 15 is 0 Å². The van der Waals surface area contributed by atoms with Gasteiger partial charge in [-0.3, -0.25) is 19.6 Å². The predicted molar refractivity (Wildman–Crippen MR) is 102 cm³/mol. The van der Waals surface area contributed by atoms with Gasteiger partial charge in [-0.25, -0.2) is 4.79 Å². The monoisotopic (exact) mass is 444 g/mol. The topological polar surface area (TPSA) is 156 Å². The van der Waals surface area contributed by atoms with Crippen LogP contribution in [0.2, 0.25) is 0 Å². The van der Waals surface area contributed by atoms with E-state index in [0.717, 1.165) is 5.56 Å². The van der Waals surface area contributed by atoms with Crippen molar-refractivity contribution in [3.05, 3.63) is 17.0 Å². The molecule has 3 aliphatic heterocycles. The van der Waals surface area contributed by atoms with Crippen molar-refractivity contribution in [3.8, 4) is 0 Å². The Labute approximate surface area is 173 Å². The van der Waals surface area contributed by atoms with Gasteiger partial charge in [-0.15, -0.1) is 0 Å². The molecule has 0 saturated carbocycles. The fourth-order valence-electron chi connectivity index (χ4n) is 3.72. The number of rotatable bonds is 3. The lowest BCUT2D eigenvalue weighted by Gasteiger charge is -2.35. The maximum atomic E-state index is 12.9. The number of hydrogen-bond acceptors (Lipinski definition) is 7. The highest BCUT2D eigenvalue weighted by molar-refractivity contribution is 7.86. The summed E-state index contributed by atoms with van der Waals surface area (Å²) in [5.74, 6) is -0.199. The Bertz CT molecular complexity index is 931. The number of H-pyrrole nitrogens is 1. The van der Waals surface area contributed by atoms with Crippen LogP contribution >= 0.6 is 0 Å². The summed E-state index contributed by atoms with van der Waals surface area (Å²) in [5.41, 5.74) is 1.75. The van der Waals surface area contributed by atoms with E-state index in [1.54, 1.807) is 9.80 Å². The number of fused-ring (bicyclic) bond motifs is 2. The van der Waals surface area contributed by atoms with Crippen molar-refractivity contribution in [2.45, 2.75) is 19.0 Å². The molecule has 2 N–H and O–H groups in total. The minimum Gasteiger partial charge on any atom is -0.483 e. The maximum Gasteiger partial charge on any atom is 0.410 e. The van der Waals surface area contributed by atoms with Gasteiger partial charge in [0, 0.05) is 45.8 Å². The van der Waals surface area contributed by atoms with Gasteiger partial charge in [-0.05, 0) is 6.42 Å². The molecular formula is C16H24N6O7S. The molecule has 166 valence electrons. The molecule has 1 unspecified atom stereocenters. The zero-order chi connectivity index (χ0) is 22.1. The third kappa shape index (κ3) is 3.97. The Morgan fingerprint density at radius 1 is 1.33 bits per heavy atom. The lowest BCUT2D eigenvalue weighted by molar-refractivity contribution is -0.122. The minimum absolute atomic E-state index is 0.120. The maximum absolute atomic E-state index is 12.9. The van der Waals surface area contributed by atoms with Crippen molar-refractivity contribution in [3.63, 3.8) is 0 Å². The number of ether oxygens (including phenoxy) is 1. The van der Waals surface area contributed by atoms with E-state index in [-0.39, 0.29) is 31.1 Å². The Morgan fingerprint density at radius 3 is 2.70 bits per heavy atom. The first kappa shape index (κ1) is 22.0. The smallest absolute Gasteiger partial charge is 0.410 e. The highest BCUT2D eigenvalue weighted by Crippen LogP contribution is 2.25. The highest BCUT2D eigenvalue weighted by Gasteiger charge is 2.40. The molecule has 1 aromatic rings. The van der Waals surface area contributed by atoms with Crippen LogP contribution in [0.1, 0.15) is 21.7 Å². The molecule has 2 fully saturated rings. The summed E-state index contributed by atoms with van der Waals surface area (Å²) in [6, 6.07) is -0.120. The summed E-state index contributed by atoms with van der Waals surface area (Å²) in [6.07, 6.45) is 0.0942. The number of aromatic amines is 1. The molecule has 13 nitrogen and oxygen atoms in total. The normalized spacial score (nSPS) is 21.4. The third-order valence-electron chi connectivity index (χ3n) is 5.29. The van der Waals surface area contributed by atoms with Crippen molar-refractivity contribution in [2.75, 3.05) is 46.9 Å². The van der Waals surface area contributed by atoms with Crippen molar-refractivity contribution in [2.24, 2.45) is 0 Å². The second kappa shape index (κ2) is 8.57. The molecular weight excluding hydrogens is 420 g/mol. The van der Waals surface area contributed by atoms with Gasteiger partial charge >= 0.3 is 6.09 Å². The van der Waals surface area contributed by atoms with E-state index in [2.05, 4.69) is 10.2 Å². The fourth-order valence-corrected chi connectivity index (χ4v) is 4.80. The van der Waals surface area contributed by atoms with E-state index in [0.29, 0.717) is 50.6 Å². The number of nitrogens with zero attached hydrogens (tertiary/aromatic N) is 5. The quantitative estimate of drug-likeness (QED) is 0.536. The van der Waals surface area contributed by atoms with E-state index in [1.165, 1.54) is 22.7 Å². The van der Waals surface area contributed by atoms with Gasteiger partial charge in [0.25, 0.3) is 22.6 Å². The van der Waals surface area contributed by atoms with Crippen LogP contribution in [0.25, 0.3) is 0 Å². The molecule has 0 aliphatic carbocycles. The van der Waals surface area contributed by atoms with Gasteiger partial charge in [0.15, 0.2) is 5.69 Å². The Balaban J connectivity index is 0.000000806. The molecule has 1 atom stereocenters. The molecule has 2 amide bonds. The van der Waals surface area contributed by atoms with Crippen LogP contribution in [0.15, 0.2) is 0 Å². The summed E-state index contributed by atoms with van der Waals surface area (Å²) in [4.78, 5) is 36.2. The van der Waals surface area contributed by atoms with Crippen LogP contribution < -0.4 is 0 Å². The number of carbonyl (C=O) groups is 3. The van der Waals surface area contributed by atoms with Gasteiger partial charge in [-0.1, -0.05) is 0 Å². The van der Waals surface area contributed by atoms with Crippen molar-refractivity contribution in [1.29, 1.82) is 0 Å². The summed E-state index contributed by atoms with van der Waals surface area (Å²) in [6.45, 7) is 1.77. The van der Waals surface area contributed by atoms with Gasteiger partial charge in [-0.2, -0.15) is 22.1 Å². The van der Waals surface area contributed by atoms with E-state index < -0.39 is 10.2 Å². The first-order valence-corrected chi connectivity index (χ1v) is 10.6. The van der Waals surface area contributed by atoms with Crippen LogP contribution in [0.5, 0.6) is 0 Å². The van der Waals surface area contributed by atoms with Gasteiger partial charge < -0.3 is 14.7 Å². The predicted octanol–water partition coefficient (Wildman–Crippen LogP) is -1.45. The van der Waals surface area contributed by atoms with Crippen molar-refractivity contribution >= 4 is 28.7 Å². The van der Waals surface area contributed by atoms with Crippen LogP contribution in [-0.4, -0.2) is 114 Å². The van der Waals surface area contributed by atoms with Crippen LogP contribution in [0.4, 0.5) is 4.79 Å². The average molecular weight is 444 g/mol. The van der Waals surface area contributed by atoms with E-state index in [4.69, 9.17) is 14.6 Å². The number of aromatic nitrogens is 2. The largest absolute Gasteiger partial charge is 0.483 e. The van der Waals surface area contributed by atoms with E-state index in [9.17, 15) is 18.0 Å². The lowest BCUT2D eigenvalue weighted by Crippen LogP contribution is -2.54. The standard InChI is InChI=1S/C15H22N6O5S.CH2O2/c1-18(2)27(24,25)20-4-3-11-12(8-20)16-17-13(11)14(22)19-5-6-21-10(7-19)9-26-15(21)23;2-1-3/h10H,3-9H2,1-2H3,(H,16,17);1H,(H,2,3). The number of amides is 2. The Morgan fingerprint density at radius 2 is 2.03 bits per heavy atom. The first-order chi connectivity index (χ1) is 14.2. The summed E-state index contributed by atoms with van der Waals surface area (Å²) < 4.78 is 32.2. The number of hydrogen-bond donors (Lipinski definition) is 2. The fraction of sp³-hybridized carbons (Fsp3) is 0.625. The number of carboxylic acid groups (broad SMARTS) is 1. The number of cyclic esters (lactones) is 1. The Kier molecular flexibility index (Phi) is 6.28. The second-order valence-corrected chi connectivity index (χ2v) is 9.33. The second-order valence-electron chi connectivity index (χ2n) is 7.18. The summed E-state index contributed by atoms with van der Waals surface area (Å²) in [5, 5.41) is 13.9. The molecule has 4 rings (SSSR count). The van der Waals surface area contributed by atoms with Gasteiger partial charge in [0.05, 0.1) is 18.3 Å². The zero-order valence-corrected chi connectivity index (χ0v) is 17.5. The van der Waals surface area contributed by atoms with Crippen molar-refractivity contribution < 1.29 is 32.6 Å². The summed E-state index contributed by atoms with van der Waals surface area (Å²) in [7, 11) is -0.537. The number of carbonyl (C=O) groups excluding carboxylic acids is 2. The van der Waals surface area contributed by atoms with Crippen LogP contribution in [0.3, 0.4) is 0 Å². The highest BCUT2D eigenvalue weighted by atomic mass is 32.2. The lowest BCUT2D eigenvalue weighted by atomic mass is 10.0. The molecule has 0 aromatic carbocycles. The third-order valence-corrected chi connectivity index (χ3v) is 7.18. The molecule has 30 heavy (non-hydrogen) atoms. The van der Waals surface area contributed by atoms with Crippen LogP contribution in [0, 0.1) is 0 Å². The molecule has 3 aliphatic rings. The first-order valence-electron chi connectivity index (χ1n) is 9.25. The molecule has 1 aromatic heterocycles. The van der Waals surface area contributed by atoms with E-state index in [1.807, 2.05) is 0 Å². The van der Waals surface area contributed by atoms with Gasteiger partial charge in [0.2, 0.25) is 0 Å². The average Bonchev–Trinajstić information content (AvgIpc) is 3.31. The molecule has 14 heteroatoms. The molecule has 0 radical (unpaired) electrons. The van der Waals surface area contributed by atoms with Gasteiger partial charge in [0.1, 0.15) is 6.61 Å². The van der Waals surface area contributed by atoms with Crippen LogP contribution in [-0.2, 0) is 32.7 Å². The molecule has 4 heterocycles. The molecule has 0 spiro atoms.